The molecule has 1 aromatic rings. The summed E-state index contributed by atoms with van der Waals surface area (Å²) in [6, 6.07) is 2.10. The van der Waals surface area contributed by atoms with Crippen LogP contribution < -0.4 is 10.6 Å². The zero-order valence-electron chi connectivity index (χ0n) is 10.3. The second-order valence-corrected chi connectivity index (χ2v) is 5.03. The summed E-state index contributed by atoms with van der Waals surface area (Å²) < 4.78 is 0. The summed E-state index contributed by atoms with van der Waals surface area (Å²) in [5.74, 6) is 0. The standard InChI is InChI=1S/C12H21N3S/c1-4-14-11-7-12(9-13-8-11)15-6-5-10(2)16-3/h7-10,14-15H,4-6H2,1-3H3. The molecule has 1 atom stereocenters. The van der Waals surface area contributed by atoms with E-state index in [2.05, 4.69) is 41.8 Å². The summed E-state index contributed by atoms with van der Waals surface area (Å²) in [6.07, 6.45) is 7.04. The van der Waals surface area contributed by atoms with E-state index in [1.165, 1.54) is 6.42 Å². The smallest absolute Gasteiger partial charge is 0.0547 e. The van der Waals surface area contributed by atoms with Crippen molar-refractivity contribution in [2.24, 2.45) is 0 Å². The zero-order chi connectivity index (χ0) is 11.8. The fourth-order valence-corrected chi connectivity index (χ4v) is 1.73. The van der Waals surface area contributed by atoms with E-state index in [0.29, 0.717) is 5.25 Å². The fourth-order valence-electron chi connectivity index (χ4n) is 1.38. The summed E-state index contributed by atoms with van der Waals surface area (Å²) >= 11 is 1.90. The SMILES string of the molecule is CCNc1cncc(NCCC(C)SC)c1. The molecule has 1 rings (SSSR count). The summed E-state index contributed by atoms with van der Waals surface area (Å²) in [6.45, 7) is 6.26. The second-order valence-electron chi connectivity index (χ2n) is 3.75. The molecule has 0 aliphatic rings. The lowest BCUT2D eigenvalue weighted by molar-refractivity contribution is 0.853. The molecule has 0 saturated heterocycles. The Hall–Kier alpha value is -0.900. The monoisotopic (exact) mass is 239 g/mol. The Labute approximate surface area is 102 Å². The molecule has 3 nitrogen and oxygen atoms in total. The minimum absolute atomic E-state index is 0.706. The van der Waals surface area contributed by atoms with Crippen LogP contribution in [0.25, 0.3) is 0 Å². The van der Waals surface area contributed by atoms with Crippen LogP contribution in [0.1, 0.15) is 20.3 Å². The molecule has 0 saturated carbocycles. The third-order valence-corrected chi connectivity index (χ3v) is 3.44. The van der Waals surface area contributed by atoms with Crippen molar-refractivity contribution >= 4 is 23.1 Å². The summed E-state index contributed by atoms with van der Waals surface area (Å²) in [4.78, 5) is 4.19. The summed E-state index contributed by atoms with van der Waals surface area (Å²) in [5, 5.41) is 7.35. The van der Waals surface area contributed by atoms with E-state index < -0.39 is 0 Å². The van der Waals surface area contributed by atoms with Gasteiger partial charge in [-0.2, -0.15) is 11.8 Å². The lowest BCUT2D eigenvalue weighted by Gasteiger charge is -2.11. The van der Waals surface area contributed by atoms with Crippen LogP contribution in [0.15, 0.2) is 18.5 Å². The van der Waals surface area contributed by atoms with Gasteiger partial charge in [0.25, 0.3) is 0 Å². The highest BCUT2D eigenvalue weighted by atomic mass is 32.2. The molecule has 0 aliphatic heterocycles. The molecule has 0 fully saturated rings. The first kappa shape index (κ1) is 13.2. The lowest BCUT2D eigenvalue weighted by Crippen LogP contribution is -2.08. The van der Waals surface area contributed by atoms with Crippen LogP contribution in [0.4, 0.5) is 11.4 Å². The molecule has 1 aromatic heterocycles. The molecule has 2 N–H and O–H groups in total. The lowest BCUT2D eigenvalue weighted by atomic mass is 10.3. The Balaban J connectivity index is 2.38. The highest BCUT2D eigenvalue weighted by Crippen LogP contribution is 2.14. The fraction of sp³-hybridized carbons (Fsp3) is 0.583. The van der Waals surface area contributed by atoms with Crippen molar-refractivity contribution in [3.05, 3.63) is 18.5 Å². The average molecular weight is 239 g/mol. The van der Waals surface area contributed by atoms with Gasteiger partial charge in [0.15, 0.2) is 0 Å². The van der Waals surface area contributed by atoms with Crippen LogP contribution in [0, 0.1) is 0 Å². The third kappa shape index (κ3) is 4.75. The maximum atomic E-state index is 4.19. The van der Waals surface area contributed by atoms with Gasteiger partial charge in [0, 0.05) is 18.3 Å². The highest BCUT2D eigenvalue weighted by molar-refractivity contribution is 7.99. The Morgan fingerprint density at radius 2 is 2.00 bits per heavy atom. The van der Waals surface area contributed by atoms with E-state index in [-0.39, 0.29) is 0 Å². The Kier molecular flexibility index (Phi) is 6.08. The number of thioether (sulfide) groups is 1. The van der Waals surface area contributed by atoms with Crippen molar-refractivity contribution in [3.63, 3.8) is 0 Å². The second kappa shape index (κ2) is 7.39. The predicted molar refractivity (Wildman–Crippen MR) is 74.5 cm³/mol. The Bertz CT molecular complexity index is 304. The van der Waals surface area contributed by atoms with Gasteiger partial charge in [-0.15, -0.1) is 0 Å². The molecular formula is C12H21N3S. The van der Waals surface area contributed by atoms with Crippen molar-refractivity contribution < 1.29 is 0 Å². The first-order valence-electron chi connectivity index (χ1n) is 5.71. The van der Waals surface area contributed by atoms with Gasteiger partial charge >= 0.3 is 0 Å². The van der Waals surface area contributed by atoms with Crippen LogP contribution >= 0.6 is 11.8 Å². The molecule has 0 bridgehead atoms. The molecule has 1 heterocycles. The quantitative estimate of drug-likeness (QED) is 0.767. The first-order valence-corrected chi connectivity index (χ1v) is 7.00. The van der Waals surface area contributed by atoms with Crippen molar-refractivity contribution in [3.8, 4) is 0 Å². The molecular weight excluding hydrogens is 218 g/mol. The van der Waals surface area contributed by atoms with Crippen LogP contribution in [-0.2, 0) is 0 Å². The molecule has 4 heteroatoms. The molecule has 0 aliphatic carbocycles. The molecule has 0 radical (unpaired) electrons. The predicted octanol–water partition coefficient (Wildman–Crippen LogP) is 3.07. The van der Waals surface area contributed by atoms with Gasteiger partial charge in [-0.25, -0.2) is 0 Å². The van der Waals surface area contributed by atoms with Crippen LogP contribution in [0.5, 0.6) is 0 Å². The number of hydrogen-bond acceptors (Lipinski definition) is 4. The van der Waals surface area contributed by atoms with Gasteiger partial charge in [0.1, 0.15) is 0 Å². The minimum atomic E-state index is 0.706. The molecule has 0 aromatic carbocycles. The zero-order valence-corrected chi connectivity index (χ0v) is 11.1. The van der Waals surface area contributed by atoms with E-state index in [4.69, 9.17) is 0 Å². The number of pyridine rings is 1. The Morgan fingerprint density at radius 3 is 2.62 bits per heavy atom. The summed E-state index contributed by atoms with van der Waals surface area (Å²) in [5.41, 5.74) is 2.16. The number of hydrogen-bond donors (Lipinski definition) is 2. The molecule has 1 unspecified atom stereocenters. The number of anilines is 2. The number of nitrogens with zero attached hydrogens (tertiary/aromatic N) is 1. The molecule has 16 heavy (non-hydrogen) atoms. The van der Waals surface area contributed by atoms with Gasteiger partial charge < -0.3 is 10.6 Å². The maximum Gasteiger partial charge on any atom is 0.0547 e. The average Bonchev–Trinajstić information content (AvgIpc) is 2.30. The maximum absolute atomic E-state index is 4.19. The third-order valence-electron chi connectivity index (χ3n) is 2.40. The van der Waals surface area contributed by atoms with Gasteiger partial charge in [-0.1, -0.05) is 6.92 Å². The van der Waals surface area contributed by atoms with Gasteiger partial charge in [0.05, 0.1) is 23.8 Å². The van der Waals surface area contributed by atoms with Crippen LogP contribution in [0.2, 0.25) is 0 Å². The van der Waals surface area contributed by atoms with E-state index >= 15 is 0 Å². The van der Waals surface area contributed by atoms with Crippen molar-refractivity contribution in [1.82, 2.24) is 4.98 Å². The van der Waals surface area contributed by atoms with Gasteiger partial charge in [-0.05, 0) is 25.7 Å². The van der Waals surface area contributed by atoms with Gasteiger partial charge in [0.2, 0.25) is 0 Å². The first-order chi connectivity index (χ1) is 7.76. The highest BCUT2D eigenvalue weighted by Gasteiger charge is 1.99. The van der Waals surface area contributed by atoms with Crippen molar-refractivity contribution in [2.45, 2.75) is 25.5 Å². The van der Waals surface area contributed by atoms with Crippen molar-refractivity contribution in [2.75, 3.05) is 30.0 Å². The van der Waals surface area contributed by atoms with E-state index in [9.17, 15) is 0 Å². The molecule has 0 spiro atoms. The van der Waals surface area contributed by atoms with E-state index in [1.807, 2.05) is 24.2 Å². The van der Waals surface area contributed by atoms with Crippen LogP contribution in [0.3, 0.4) is 0 Å². The molecule has 90 valence electrons. The number of aromatic nitrogens is 1. The van der Waals surface area contributed by atoms with E-state index in [1.54, 1.807) is 0 Å². The molecule has 0 amide bonds. The minimum Gasteiger partial charge on any atom is -0.384 e. The van der Waals surface area contributed by atoms with Crippen molar-refractivity contribution in [1.29, 1.82) is 0 Å². The topological polar surface area (TPSA) is 37.0 Å². The Morgan fingerprint density at radius 1 is 1.31 bits per heavy atom. The number of nitrogens with one attached hydrogen (secondary N) is 2. The number of rotatable bonds is 7. The van der Waals surface area contributed by atoms with Gasteiger partial charge in [-0.3, -0.25) is 4.98 Å². The summed E-state index contributed by atoms with van der Waals surface area (Å²) in [7, 11) is 0. The normalized spacial score (nSPS) is 12.2. The van der Waals surface area contributed by atoms with Crippen LogP contribution in [-0.4, -0.2) is 29.6 Å². The van der Waals surface area contributed by atoms with E-state index in [0.717, 1.165) is 24.5 Å². The largest absolute Gasteiger partial charge is 0.384 e.